The number of nitrogens with zero attached hydrogens (tertiary/aromatic N) is 3. The molecular formula is C9H9ClN4O. The topological polar surface area (TPSA) is 69.1 Å². The van der Waals surface area contributed by atoms with Gasteiger partial charge in [-0.25, -0.2) is 9.71 Å². The number of halogens is 1. The molecule has 5 nitrogen and oxygen atoms in total. The molecule has 2 aromatic rings. The summed E-state index contributed by atoms with van der Waals surface area (Å²) >= 11 is 5.79. The lowest BCUT2D eigenvalue weighted by molar-refractivity contribution is -0.564. The van der Waals surface area contributed by atoms with Crippen molar-refractivity contribution in [2.75, 3.05) is 12.1 Å². The first-order valence-corrected chi connectivity index (χ1v) is 4.63. The number of hydrazine groups is 1. The molecule has 0 bridgehead atoms. The van der Waals surface area contributed by atoms with Crippen molar-refractivity contribution in [2.24, 2.45) is 5.84 Å². The van der Waals surface area contributed by atoms with Crippen LogP contribution in [0.4, 0.5) is 5.82 Å². The number of fused-ring (bicyclic) bond motifs is 1. The van der Waals surface area contributed by atoms with Crippen LogP contribution in [0.1, 0.15) is 0 Å². The normalized spacial score (nSPS) is 10.6. The Hall–Kier alpha value is -1.59. The van der Waals surface area contributed by atoms with Crippen LogP contribution >= 0.6 is 11.6 Å². The zero-order chi connectivity index (χ0) is 11.0. The molecule has 0 atom stereocenters. The Bertz CT molecular complexity index is 515. The summed E-state index contributed by atoms with van der Waals surface area (Å²) in [4.78, 5) is 4.10. The molecule has 0 spiro atoms. The second-order valence-electron chi connectivity index (χ2n) is 3.15. The standard InChI is InChI=1S/C9H9ClN4O/c1-13(11)9-5-12-7-4-6(10)2-3-8(7)14(9)15/h2-5H,11H2,1H3. The lowest BCUT2D eigenvalue weighted by Gasteiger charge is -2.13. The maximum absolute atomic E-state index is 11.8. The number of anilines is 1. The lowest BCUT2D eigenvalue weighted by Crippen LogP contribution is -2.40. The van der Waals surface area contributed by atoms with Crippen LogP contribution in [0.25, 0.3) is 11.0 Å². The Balaban J connectivity index is 2.74. The highest BCUT2D eigenvalue weighted by Crippen LogP contribution is 2.16. The Morgan fingerprint density at radius 3 is 2.93 bits per heavy atom. The van der Waals surface area contributed by atoms with E-state index in [9.17, 15) is 5.21 Å². The number of rotatable bonds is 1. The van der Waals surface area contributed by atoms with Gasteiger partial charge in [0, 0.05) is 5.02 Å². The number of benzene rings is 1. The first-order valence-electron chi connectivity index (χ1n) is 4.26. The first-order chi connectivity index (χ1) is 7.09. The molecule has 1 aromatic carbocycles. The van der Waals surface area contributed by atoms with Crippen molar-refractivity contribution in [1.29, 1.82) is 0 Å². The molecule has 0 fully saturated rings. The highest BCUT2D eigenvalue weighted by Gasteiger charge is 2.11. The number of aromatic nitrogens is 2. The summed E-state index contributed by atoms with van der Waals surface area (Å²) in [7, 11) is 1.58. The highest BCUT2D eigenvalue weighted by molar-refractivity contribution is 6.31. The molecule has 0 unspecified atom stereocenters. The largest absolute Gasteiger partial charge is 0.710 e. The predicted molar refractivity (Wildman–Crippen MR) is 58.3 cm³/mol. The average Bonchev–Trinajstić information content (AvgIpc) is 2.17. The fourth-order valence-electron chi connectivity index (χ4n) is 1.31. The van der Waals surface area contributed by atoms with Crippen LogP contribution in [0, 0.1) is 5.21 Å². The molecule has 1 aromatic heterocycles. The summed E-state index contributed by atoms with van der Waals surface area (Å²) in [5.74, 6) is 5.76. The van der Waals surface area contributed by atoms with Gasteiger partial charge in [0.25, 0.3) is 0 Å². The molecule has 0 radical (unpaired) electrons. The van der Waals surface area contributed by atoms with Crippen molar-refractivity contribution in [3.63, 3.8) is 0 Å². The Morgan fingerprint density at radius 2 is 2.27 bits per heavy atom. The summed E-state index contributed by atoms with van der Waals surface area (Å²) in [6.07, 6.45) is 1.41. The second kappa shape index (κ2) is 3.52. The zero-order valence-electron chi connectivity index (χ0n) is 8.01. The fourth-order valence-corrected chi connectivity index (χ4v) is 1.48. The summed E-state index contributed by atoms with van der Waals surface area (Å²) in [5, 5.41) is 13.6. The van der Waals surface area contributed by atoms with Gasteiger partial charge in [-0.2, -0.15) is 10.9 Å². The van der Waals surface area contributed by atoms with Gasteiger partial charge >= 0.3 is 5.82 Å². The van der Waals surface area contributed by atoms with E-state index in [-0.39, 0.29) is 5.82 Å². The second-order valence-corrected chi connectivity index (χ2v) is 3.59. The van der Waals surface area contributed by atoms with Crippen LogP contribution in [0.2, 0.25) is 5.02 Å². The third-order valence-corrected chi connectivity index (χ3v) is 2.28. The van der Waals surface area contributed by atoms with E-state index < -0.39 is 0 Å². The first kappa shape index (κ1) is 9.95. The van der Waals surface area contributed by atoms with Crippen LogP contribution in [0.15, 0.2) is 24.4 Å². The molecule has 2 rings (SSSR count). The van der Waals surface area contributed by atoms with Crippen LogP contribution in [-0.2, 0) is 0 Å². The van der Waals surface area contributed by atoms with E-state index in [2.05, 4.69) is 4.98 Å². The number of hydrogen-bond acceptors (Lipinski definition) is 4. The molecule has 0 aliphatic rings. The smallest absolute Gasteiger partial charge is 0.316 e. The van der Waals surface area contributed by atoms with E-state index >= 15 is 0 Å². The SMILES string of the molecule is CN(N)c1cnc2cc(Cl)ccc2[n+]1[O-]. The lowest BCUT2D eigenvalue weighted by atomic mass is 10.3. The van der Waals surface area contributed by atoms with Gasteiger partial charge in [-0.05, 0) is 18.2 Å². The Morgan fingerprint density at radius 1 is 1.53 bits per heavy atom. The predicted octanol–water partition coefficient (Wildman–Crippen LogP) is 0.831. The van der Waals surface area contributed by atoms with E-state index in [1.54, 1.807) is 25.2 Å². The molecule has 0 aliphatic carbocycles. The Kier molecular flexibility index (Phi) is 2.34. The van der Waals surface area contributed by atoms with E-state index in [1.807, 2.05) is 0 Å². The van der Waals surface area contributed by atoms with E-state index in [0.29, 0.717) is 16.1 Å². The number of hydrogen-bond donors (Lipinski definition) is 1. The fraction of sp³-hybridized carbons (Fsp3) is 0.111. The van der Waals surface area contributed by atoms with Crippen molar-refractivity contribution < 1.29 is 4.73 Å². The monoisotopic (exact) mass is 224 g/mol. The van der Waals surface area contributed by atoms with Gasteiger partial charge in [0.05, 0.1) is 7.05 Å². The van der Waals surface area contributed by atoms with Crippen LogP contribution in [0.3, 0.4) is 0 Å². The quantitative estimate of drug-likeness (QED) is 0.337. The summed E-state index contributed by atoms with van der Waals surface area (Å²) in [5.41, 5.74) is 0.984. The van der Waals surface area contributed by atoms with Gasteiger partial charge in [0.1, 0.15) is 11.7 Å². The van der Waals surface area contributed by atoms with Crippen molar-refractivity contribution >= 4 is 28.5 Å². The molecule has 6 heteroatoms. The van der Waals surface area contributed by atoms with Gasteiger partial charge in [0.15, 0.2) is 5.52 Å². The maximum Gasteiger partial charge on any atom is 0.316 e. The molecule has 2 N–H and O–H groups in total. The van der Waals surface area contributed by atoms with Gasteiger partial charge in [-0.3, -0.25) is 0 Å². The molecule has 78 valence electrons. The molecule has 0 amide bonds. The molecule has 0 saturated carbocycles. The van der Waals surface area contributed by atoms with Crippen molar-refractivity contribution in [3.8, 4) is 0 Å². The van der Waals surface area contributed by atoms with E-state index in [4.69, 9.17) is 17.4 Å². The van der Waals surface area contributed by atoms with E-state index in [1.165, 1.54) is 11.2 Å². The van der Waals surface area contributed by atoms with Gasteiger partial charge in [0.2, 0.25) is 0 Å². The molecule has 15 heavy (non-hydrogen) atoms. The van der Waals surface area contributed by atoms with Crippen LogP contribution in [0.5, 0.6) is 0 Å². The third kappa shape index (κ3) is 1.67. The minimum atomic E-state index is 0.282. The summed E-state index contributed by atoms with van der Waals surface area (Å²) in [6, 6.07) is 4.89. The molecule has 0 aliphatic heterocycles. The average molecular weight is 225 g/mol. The molecular weight excluding hydrogens is 216 g/mol. The van der Waals surface area contributed by atoms with Gasteiger partial charge < -0.3 is 5.21 Å². The van der Waals surface area contributed by atoms with Crippen LogP contribution in [-0.4, -0.2) is 12.0 Å². The molecule has 1 heterocycles. The molecule has 0 saturated heterocycles. The highest BCUT2D eigenvalue weighted by atomic mass is 35.5. The summed E-state index contributed by atoms with van der Waals surface area (Å²) < 4.78 is 0.721. The van der Waals surface area contributed by atoms with Gasteiger partial charge in [-0.1, -0.05) is 11.6 Å². The maximum atomic E-state index is 11.8. The van der Waals surface area contributed by atoms with Gasteiger partial charge in [-0.15, -0.1) is 0 Å². The Labute approximate surface area is 91.2 Å². The van der Waals surface area contributed by atoms with Crippen LogP contribution < -0.4 is 15.6 Å². The van der Waals surface area contributed by atoms with E-state index in [0.717, 1.165) is 4.73 Å². The van der Waals surface area contributed by atoms with Crippen molar-refractivity contribution in [1.82, 2.24) is 4.98 Å². The number of nitrogens with two attached hydrogens (primary N) is 1. The summed E-state index contributed by atoms with van der Waals surface area (Å²) in [6.45, 7) is 0. The van der Waals surface area contributed by atoms with Crippen molar-refractivity contribution in [3.05, 3.63) is 34.6 Å². The third-order valence-electron chi connectivity index (χ3n) is 2.04. The minimum Gasteiger partial charge on any atom is -0.710 e. The van der Waals surface area contributed by atoms with Crippen molar-refractivity contribution in [2.45, 2.75) is 0 Å². The minimum absolute atomic E-state index is 0.282. The zero-order valence-corrected chi connectivity index (χ0v) is 8.77.